The molecule has 6 nitrogen and oxygen atoms in total. The van der Waals surface area contributed by atoms with Gasteiger partial charge in [0.15, 0.2) is 0 Å². The van der Waals surface area contributed by atoms with Gasteiger partial charge < -0.3 is 10.0 Å². The second-order valence-corrected chi connectivity index (χ2v) is 7.56. The Morgan fingerprint density at radius 2 is 1.78 bits per heavy atom. The van der Waals surface area contributed by atoms with Gasteiger partial charge in [-0.1, -0.05) is 13.8 Å². The summed E-state index contributed by atoms with van der Waals surface area (Å²) in [6, 6.07) is 4.44. The Labute approximate surface area is 137 Å². The molecule has 128 valence electrons. The van der Waals surface area contributed by atoms with Crippen LogP contribution < -0.4 is 4.90 Å². The van der Waals surface area contributed by atoms with Crippen LogP contribution in [0.5, 0.6) is 0 Å². The van der Waals surface area contributed by atoms with Crippen molar-refractivity contribution >= 4 is 21.7 Å². The van der Waals surface area contributed by atoms with Crippen LogP contribution in [0.1, 0.15) is 43.5 Å². The van der Waals surface area contributed by atoms with Crippen molar-refractivity contribution in [3.63, 3.8) is 0 Å². The Balaban J connectivity index is 2.45. The molecule has 1 fully saturated rings. The molecule has 1 aliphatic rings. The van der Waals surface area contributed by atoms with Crippen LogP contribution in [-0.4, -0.2) is 50.0 Å². The molecule has 0 radical (unpaired) electrons. The predicted octanol–water partition coefficient (Wildman–Crippen LogP) is 2.41. The van der Waals surface area contributed by atoms with Crippen molar-refractivity contribution in [2.24, 2.45) is 0 Å². The first-order valence-electron chi connectivity index (χ1n) is 8.04. The van der Waals surface area contributed by atoms with Gasteiger partial charge in [-0.3, -0.25) is 0 Å². The molecular weight excluding hydrogens is 316 g/mol. The molecule has 1 aromatic rings. The minimum Gasteiger partial charge on any atom is -0.478 e. The van der Waals surface area contributed by atoms with Gasteiger partial charge >= 0.3 is 5.97 Å². The van der Waals surface area contributed by atoms with Crippen LogP contribution in [0, 0.1) is 0 Å². The van der Waals surface area contributed by atoms with Gasteiger partial charge in [-0.25, -0.2) is 13.2 Å². The lowest BCUT2D eigenvalue weighted by atomic mass is 10.1. The van der Waals surface area contributed by atoms with E-state index in [-0.39, 0.29) is 10.5 Å². The second kappa shape index (κ2) is 7.31. The molecule has 1 heterocycles. The molecule has 1 N–H and O–H groups in total. The number of hydrogen-bond acceptors (Lipinski definition) is 4. The Kier molecular flexibility index (Phi) is 5.64. The first-order chi connectivity index (χ1) is 10.9. The molecule has 2 rings (SSSR count). The fraction of sp³-hybridized carbons (Fsp3) is 0.562. The topological polar surface area (TPSA) is 77.9 Å². The molecule has 1 aliphatic heterocycles. The summed E-state index contributed by atoms with van der Waals surface area (Å²) < 4.78 is 26.5. The van der Waals surface area contributed by atoms with Crippen LogP contribution in [0.4, 0.5) is 5.69 Å². The number of carbonyl (C=O) groups is 1. The van der Waals surface area contributed by atoms with Gasteiger partial charge in [0.25, 0.3) is 0 Å². The largest absolute Gasteiger partial charge is 0.478 e. The van der Waals surface area contributed by atoms with Crippen LogP contribution in [0.15, 0.2) is 23.1 Å². The maximum atomic E-state index is 12.6. The maximum Gasteiger partial charge on any atom is 0.337 e. The number of benzene rings is 1. The van der Waals surface area contributed by atoms with Crippen LogP contribution >= 0.6 is 0 Å². The Morgan fingerprint density at radius 1 is 1.17 bits per heavy atom. The second-order valence-electron chi connectivity index (χ2n) is 5.62. The van der Waals surface area contributed by atoms with Gasteiger partial charge in [0.05, 0.1) is 16.1 Å². The normalized spacial score (nSPS) is 15.9. The first kappa shape index (κ1) is 17.7. The number of hydrogen-bond donors (Lipinski definition) is 1. The zero-order valence-electron chi connectivity index (χ0n) is 13.7. The van der Waals surface area contributed by atoms with Crippen LogP contribution in [0.25, 0.3) is 0 Å². The number of rotatable bonds is 6. The van der Waals surface area contributed by atoms with Gasteiger partial charge in [0.2, 0.25) is 10.0 Å². The highest BCUT2D eigenvalue weighted by molar-refractivity contribution is 7.89. The average Bonchev–Trinajstić information content (AvgIpc) is 2.56. The highest BCUT2D eigenvalue weighted by Crippen LogP contribution is 2.28. The van der Waals surface area contributed by atoms with Gasteiger partial charge in [-0.2, -0.15) is 4.31 Å². The average molecular weight is 340 g/mol. The number of sulfonamides is 1. The first-order valence-corrected chi connectivity index (χ1v) is 9.48. The molecule has 0 aromatic heterocycles. The van der Waals surface area contributed by atoms with E-state index in [1.54, 1.807) is 19.9 Å². The van der Waals surface area contributed by atoms with E-state index in [0.29, 0.717) is 18.8 Å². The highest BCUT2D eigenvalue weighted by Gasteiger charge is 2.25. The molecule has 0 unspecified atom stereocenters. The summed E-state index contributed by atoms with van der Waals surface area (Å²) in [7, 11) is -3.65. The lowest BCUT2D eigenvalue weighted by Gasteiger charge is -2.30. The molecule has 0 saturated carbocycles. The number of nitrogens with zero attached hydrogens (tertiary/aromatic N) is 2. The number of anilines is 1. The summed E-state index contributed by atoms with van der Waals surface area (Å²) in [5.74, 6) is -1.10. The summed E-state index contributed by atoms with van der Waals surface area (Å²) in [5, 5.41) is 9.50. The van der Waals surface area contributed by atoms with Gasteiger partial charge in [0, 0.05) is 26.2 Å². The molecule has 0 bridgehead atoms. The molecule has 0 amide bonds. The van der Waals surface area contributed by atoms with Gasteiger partial charge in [-0.05, 0) is 37.5 Å². The summed E-state index contributed by atoms with van der Waals surface area (Å²) in [5.41, 5.74) is 0.663. The van der Waals surface area contributed by atoms with Crippen LogP contribution in [0.3, 0.4) is 0 Å². The minimum atomic E-state index is -3.65. The molecular formula is C16H24N2O4S. The Morgan fingerprint density at radius 3 is 2.30 bits per heavy atom. The standard InChI is InChI=1S/C16H24N2O4S/c1-3-18(4-2)23(21,22)13-8-9-15(14(12-13)16(19)20)17-10-6-5-7-11-17/h8-9,12H,3-7,10-11H2,1-2H3,(H,19,20). The minimum absolute atomic E-state index is 0.0411. The van der Waals surface area contributed by atoms with Crippen LogP contribution in [-0.2, 0) is 10.0 Å². The summed E-state index contributed by atoms with van der Waals surface area (Å²) in [6.07, 6.45) is 3.20. The third kappa shape index (κ3) is 3.67. The lowest BCUT2D eigenvalue weighted by molar-refractivity contribution is 0.0697. The van der Waals surface area contributed by atoms with E-state index in [9.17, 15) is 18.3 Å². The number of carboxylic acids is 1. The molecule has 0 aliphatic carbocycles. The van der Waals surface area contributed by atoms with E-state index < -0.39 is 16.0 Å². The summed E-state index contributed by atoms with van der Waals surface area (Å²) in [4.78, 5) is 13.7. The summed E-state index contributed by atoms with van der Waals surface area (Å²) >= 11 is 0. The summed E-state index contributed by atoms with van der Waals surface area (Å²) in [6.45, 7) is 5.86. The third-order valence-electron chi connectivity index (χ3n) is 4.24. The van der Waals surface area contributed by atoms with Crippen molar-refractivity contribution < 1.29 is 18.3 Å². The van der Waals surface area contributed by atoms with Crippen molar-refractivity contribution in [2.45, 2.75) is 38.0 Å². The number of piperidine rings is 1. The Bertz CT molecular complexity index is 663. The monoisotopic (exact) mass is 340 g/mol. The van der Waals surface area contributed by atoms with E-state index >= 15 is 0 Å². The van der Waals surface area contributed by atoms with E-state index in [1.807, 2.05) is 4.90 Å². The van der Waals surface area contributed by atoms with E-state index in [0.717, 1.165) is 32.4 Å². The molecule has 7 heteroatoms. The van der Waals surface area contributed by atoms with Crippen LogP contribution in [0.2, 0.25) is 0 Å². The number of aromatic carboxylic acids is 1. The fourth-order valence-corrected chi connectivity index (χ4v) is 4.45. The molecule has 23 heavy (non-hydrogen) atoms. The highest BCUT2D eigenvalue weighted by atomic mass is 32.2. The van der Waals surface area contributed by atoms with Crippen molar-refractivity contribution in [2.75, 3.05) is 31.1 Å². The molecule has 1 saturated heterocycles. The number of carboxylic acid groups (broad SMARTS) is 1. The predicted molar refractivity (Wildman–Crippen MR) is 89.6 cm³/mol. The maximum absolute atomic E-state index is 12.6. The zero-order chi connectivity index (χ0) is 17.0. The molecule has 0 atom stereocenters. The molecule has 0 spiro atoms. The Hall–Kier alpha value is -1.60. The third-order valence-corrected chi connectivity index (χ3v) is 6.28. The van der Waals surface area contributed by atoms with Crippen molar-refractivity contribution in [3.8, 4) is 0 Å². The fourth-order valence-electron chi connectivity index (χ4n) is 2.97. The van der Waals surface area contributed by atoms with E-state index in [4.69, 9.17) is 0 Å². The van der Waals surface area contributed by atoms with E-state index in [2.05, 4.69) is 0 Å². The molecule has 1 aromatic carbocycles. The lowest BCUT2D eigenvalue weighted by Crippen LogP contribution is -2.32. The zero-order valence-corrected chi connectivity index (χ0v) is 14.5. The van der Waals surface area contributed by atoms with E-state index in [1.165, 1.54) is 16.4 Å². The quantitative estimate of drug-likeness (QED) is 0.860. The smallest absolute Gasteiger partial charge is 0.337 e. The van der Waals surface area contributed by atoms with Crippen molar-refractivity contribution in [3.05, 3.63) is 23.8 Å². The van der Waals surface area contributed by atoms with Crippen molar-refractivity contribution in [1.29, 1.82) is 0 Å². The van der Waals surface area contributed by atoms with Gasteiger partial charge in [0.1, 0.15) is 0 Å². The van der Waals surface area contributed by atoms with Gasteiger partial charge in [-0.15, -0.1) is 0 Å². The van der Waals surface area contributed by atoms with Crippen molar-refractivity contribution in [1.82, 2.24) is 4.31 Å². The SMILES string of the molecule is CCN(CC)S(=O)(=O)c1ccc(N2CCCCC2)c(C(=O)O)c1.